The van der Waals surface area contributed by atoms with Crippen molar-refractivity contribution >= 4 is 26.8 Å². The first kappa shape index (κ1) is 22.4. The van der Waals surface area contributed by atoms with Crippen molar-refractivity contribution in [1.29, 1.82) is 0 Å². The van der Waals surface area contributed by atoms with E-state index in [1.54, 1.807) is 4.85 Å². The Balaban J connectivity index is 0.000000298. The summed E-state index contributed by atoms with van der Waals surface area (Å²) in [5.74, 6) is 0. The van der Waals surface area contributed by atoms with Crippen LogP contribution in [0.3, 0.4) is 0 Å². The minimum absolute atomic E-state index is 0.872. The van der Waals surface area contributed by atoms with E-state index in [4.69, 9.17) is 4.62 Å². The van der Waals surface area contributed by atoms with Crippen molar-refractivity contribution in [3.05, 3.63) is 24.3 Å². The van der Waals surface area contributed by atoms with Gasteiger partial charge in [0.15, 0.2) is 0 Å². The number of benzene rings is 1. The minimum atomic E-state index is -10.7. The molecule has 0 spiro atoms. The second-order valence-electron chi connectivity index (χ2n) is 7.64. The average molecular weight is 468 g/mol. The molecule has 0 unspecified atom stereocenters. The van der Waals surface area contributed by atoms with Gasteiger partial charge in [-0.3, -0.25) is 0 Å². The molecule has 2 aliphatic rings. The number of nitrogens with zero attached hydrogens (tertiary/aromatic N) is 5. The van der Waals surface area contributed by atoms with Gasteiger partial charge in [-0.25, -0.2) is 0 Å². The summed E-state index contributed by atoms with van der Waals surface area (Å²) < 4.78 is 69.2. The Bertz CT molecular complexity index is 874. The molecular formula is C14H24F6N6OP2. The van der Waals surface area contributed by atoms with Crippen LogP contribution in [0.1, 0.15) is 12.8 Å². The number of nitrogens with one attached hydrogen (secondary N) is 1. The normalized spacial score (nSPS) is 25.0. The van der Waals surface area contributed by atoms with Crippen LogP contribution in [0.5, 0.6) is 0 Å². The Morgan fingerprint density at radius 3 is 2.21 bits per heavy atom. The van der Waals surface area contributed by atoms with Gasteiger partial charge in [0.25, 0.3) is 0 Å². The molecule has 15 heteroatoms. The fraction of sp³-hybridized carbons (Fsp3) is 0.571. The van der Waals surface area contributed by atoms with Gasteiger partial charge in [-0.2, -0.15) is 0 Å². The maximum absolute atomic E-state index is 10.7. The molecule has 0 atom stereocenters. The van der Waals surface area contributed by atoms with E-state index in [0.29, 0.717) is 0 Å². The van der Waals surface area contributed by atoms with Crippen LogP contribution in [0, 0.1) is 0 Å². The summed E-state index contributed by atoms with van der Waals surface area (Å²) in [6.07, 6.45) is 2.50. The van der Waals surface area contributed by atoms with E-state index in [-0.39, 0.29) is 0 Å². The molecule has 0 saturated carbocycles. The van der Waals surface area contributed by atoms with Crippen LogP contribution in [0.25, 0.3) is 11.0 Å². The van der Waals surface area contributed by atoms with Crippen LogP contribution >= 0.6 is 15.8 Å². The molecule has 2 aromatic rings. The van der Waals surface area contributed by atoms with E-state index < -0.39 is 15.8 Å². The van der Waals surface area contributed by atoms with Crippen LogP contribution in [-0.2, 0) is 0 Å². The van der Waals surface area contributed by atoms with Crippen LogP contribution in [-0.4, -0.2) is 64.4 Å². The molecule has 168 valence electrons. The van der Waals surface area contributed by atoms with Gasteiger partial charge in [0.2, 0.25) is 0 Å². The van der Waals surface area contributed by atoms with Gasteiger partial charge in [0, 0.05) is 0 Å². The molecule has 0 bridgehead atoms. The number of quaternary nitrogens is 1. The molecule has 1 aromatic heterocycles. The Morgan fingerprint density at radius 2 is 1.66 bits per heavy atom. The predicted molar refractivity (Wildman–Crippen MR) is 102 cm³/mol. The van der Waals surface area contributed by atoms with Crippen molar-refractivity contribution in [2.75, 3.05) is 40.3 Å². The van der Waals surface area contributed by atoms with Crippen LogP contribution < -0.4 is 9.71 Å². The molecule has 2 fully saturated rings. The number of aromatic nitrogens is 3. The fourth-order valence-electron chi connectivity index (χ4n) is 3.61. The van der Waals surface area contributed by atoms with Crippen LogP contribution in [0.2, 0.25) is 0 Å². The standard InChI is InChI=1S/C14H24N6OP.F6P/c1-20(2)12-9-15-22(20,18-10-5-6-11-18)21-19-14-8-4-3-7-13(14)16-17-19;1-7(2,3,4,5)6/h3-4,7-8,15,22H,5-6,9-12H2,1-2H3;/q+1;-1. The molecule has 1 aromatic carbocycles. The Kier molecular flexibility index (Phi) is 5.12. The van der Waals surface area contributed by atoms with Gasteiger partial charge < -0.3 is 0 Å². The van der Waals surface area contributed by atoms with Crippen molar-refractivity contribution in [3.63, 3.8) is 0 Å². The summed E-state index contributed by atoms with van der Waals surface area (Å²) in [5, 5.41) is 12.2. The van der Waals surface area contributed by atoms with Crippen LogP contribution in [0.15, 0.2) is 24.3 Å². The molecule has 4 rings (SSSR count). The second kappa shape index (κ2) is 6.62. The summed E-state index contributed by atoms with van der Waals surface area (Å²) in [5.41, 5.74) is 1.80. The molecule has 29 heavy (non-hydrogen) atoms. The molecule has 7 nitrogen and oxygen atoms in total. The van der Waals surface area contributed by atoms with Gasteiger partial charge >= 0.3 is 163 Å². The zero-order valence-corrected chi connectivity index (χ0v) is 17.8. The predicted octanol–water partition coefficient (Wildman–Crippen LogP) is 4.43. The topological polar surface area (TPSA) is 55.2 Å². The summed E-state index contributed by atoms with van der Waals surface area (Å²) in [6.45, 7) is 4.28. The third-order valence-corrected chi connectivity index (χ3v) is 9.22. The SMILES string of the molecule is C[N+]1(C)CCN[PH]1(On1nnc2ccccc21)N1CCCC1.F[P-](F)(F)(F)(F)F. The molecule has 1 N–H and O–H groups in total. The molecule has 2 aliphatic heterocycles. The van der Waals surface area contributed by atoms with Crippen molar-refractivity contribution in [2.24, 2.45) is 0 Å². The van der Waals surface area contributed by atoms with Crippen molar-refractivity contribution in [3.8, 4) is 0 Å². The average Bonchev–Trinajstić information content (AvgIpc) is 3.25. The molecule has 0 radical (unpaired) electrons. The number of para-hydroxylation sites is 1. The van der Waals surface area contributed by atoms with E-state index in [0.717, 1.165) is 41.5 Å². The third kappa shape index (κ3) is 5.67. The van der Waals surface area contributed by atoms with Crippen LogP contribution in [0.4, 0.5) is 25.2 Å². The number of hydrogen-bond donors (Lipinski definition) is 1. The Morgan fingerprint density at radius 1 is 1.07 bits per heavy atom. The number of halogens is 6. The first-order valence-corrected chi connectivity index (χ1v) is 12.8. The number of fused-ring (bicyclic) bond motifs is 1. The molecule has 0 aliphatic carbocycles. The van der Waals surface area contributed by atoms with E-state index in [1.165, 1.54) is 12.8 Å². The van der Waals surface area contributed by atoms with Gasteiger partial charge in [-0.05, 0) is 0 Å². The summed E-state index contributed by atoms with van der Waals surface area (Å²) in [6, 6.07) is 7.95. The molecular weight excluding hydrogens is 444 g/mol. The van der Waals surface area contributed by atoms with Gasteiger partial charge in [0.05, 0.1) is 0 Å². The Hall–Kier alpha value is -1.26. The van der Waals surface area contributed by atoms with Crippen molar-refractivity contribution in [1.82, 2.24) is 24.9 Å². The van der Waals surface area contributed by atoms with E-state index in [1.807, 2.05) is 24.3 Å². The first-order valence-electron chi connectivity index (χ1n) is 8.97. The third-order valence-electron chi connectivity index (χ3n) is 4.92. The van der Waals surface area contributed by atoms with Gasteiger partial charge in [-0.15, -0.1) is 0 Å². The zero-order chi connectivity index (χ0) is 21.6. The number of likely N-dealkylation sites (N-methyl/N-ethyl adjacent to an activating group) is 1. The second-order valence-corrected chi connectivity index (χ2v) is 13.2. The number of rotatable bonds is 3. The quantitative estimate of drug-likeness (QED) is 0.534. The van der Waals surface area contributed by atoms with E-state index in [9.17, 15) is 25.2 Å². The molecule has 3 heterocycles. The number of hydrogen-bond acceptors (Lipinski definition) is 5. The fourth-order valence-corrected chi connectivity index (χ4v) is 7.58. The molecule has 2 saturated heterocycles. The zero-order valence-electron chi connectivity index (χ0n) is 15.9. The monoisotopic (exact) mass is 468 g/mol. The molecule has 0 amide bonds. The Labute approximate surface area is 163 Å². The summed E-state index contributed by atoms with van der Waals surface area (Å²) in [4.78, 5) is 1.64. The first-order chi connectivity index (χ1) is 13.1. The van der Waals surface area contributed by atoms with Crippen molar-refractivity contribution in [2.45, 2.75) is 12.8 Å². The maximum atomic E-state index is 9.87. The summed E-state index contributed by atoms with van der Waals surface area (Å²) in [7, 11) is -8.49. The van der Waals surface area contributed by atoms with Crippen molar-refractivity contribution < 1.29 is 34.1 Å². The van der Waals surface area contributed by atoms with E-state index >= 15 is 0 Å². The summed E-state index contributed by atoms with van der Waals surface area (Å²) >= 11 is 0. The van der Waals surface area contributed by atoms with Gasteiger partial charge in [0.1, 0.15) is 0 Å². The van der Waals surface area contributed by atoms with E-state index in [2.05, 4.69) is 34.2 Å². The van der Waals surface area contributed by atoms with Gasteiger partial charge in [-0.1, -0.05) is 0 Å².